The number of hydrogen-bond acceptors (Lipinski definition) is 0. The van der Waals surface area contributed by atoms with Gasteiger partial charge in [0, 0.05) is 0 Å². The van der Waals surface area contributed by atoms with E-state index in [1.54, 1.807) is 12.1 Å². The van der Waals surface area contributed by atoms with E-state index in [4.69, 9.17) is 1.37 Å². The first-order valence-electron chi connectivity index (χ1n) is 4.41. The van der Waals surface area contributed by atoms with Gasteiger partial charge in [0.15, 0.2) is 0 Å². The maximum atomic E-state index is 7.00. The lowest BCUT2D eigenvalue weighted by atomic mass is 10.4. The Morgan fingerprint density at radius 3 is 1.20 bits per heavy atom. The van der Waals surface area contributed by atoms with Crippen LogP contribution in [-0.2, 0) is 0 Å². The monoisotopic (exact) mass is 140 g/mol. The minimum Gasteiger partial charge on any atom is -0.0683 e. The summed E-state index contributed by atoms with van der Waals surface area (Å²) >= 11 is 0. The van der Waals surface area contributed by atoms with Crippen molar-refractivity contribution in [1.82, 2.24) is 0 Å². The van der Waals surface area contributed by atoms with Gasteiger partial charge in [0.05, 0.1) is 1.37 Å². The maximum Gasteiger partial charge on any atom is 0.0623 e. The first kappa shape index (κ1) is 9.22. The third-order valence-corrected chi connectivity index (χ3v) is 0.607. The molecule has 1 aromatic carbocycles. The summed E-state index contributed by atoms with van der Waals surface area (Å²) in [6.07, 6.45) is 0. The fourth-order valence-corrected chi connectivity index (χ4v) is 0.342. The van der Waals surface area contributed by atoms with Crippen LogP contribution in [0.25, 0.3) is 0 Å². The van der Waals surface area contributed by atoms with Crippen molar-refractivity contribution in [3.8, 4) is 0 Å². The smallest absolute Gasteiger partial charge is 0.0623 e. The molecule has 0 bridgehead atoms. The number of benzene rings is 1. The summed E-state index contributed by atoms with van der Waals surface area (Å²) < 4.78 is 7.00. The lowest BCUT2D eigenvalue weighted by Gasteiger charge is -1.69. The van der Waals surface area contributed by atoms with Gasteiger partial charge >= 0.3 is 0 Å². The van der Waals surface area contributed by atoms with Gasteiger partial charge in [-0.15, -0.1) is 0 Å². The summed E-state index contributed by atoms with van der Waals surface area (Å²) in [5.74, 6) is 0. The second kappa shape index (κ2) is 15.7. The molecule has 0 aliphatic carbocycles. The van der Waals surface area contributed by atoms with Crippen LogP contribution in [0.1, 0.15) is 29.1 Å². The van der Waals surface area contributed by atoms with Crippen LogP contribution < -0.4 is 0 Å². The first-order valence-corrected chi connectivity index (χ1v) is 3.91. The lowest BCUT2D eigenvalue weighted by molar-refractivity contribution is 1.50. The average molecular weight is 140 g/mol. The molecule has 0 amide bonds. The van der Waals surface area contributed by atoms with Crippen molar-refractivity contribution in [3.05, 3.63) is 36.4 Å². The highest BCUT2D eigenvalue weighted by atomic mass is 13.6. The van der Waals surface area contributed by atoms with E-state index in [-0.39, 0.29) is 0 Å². The Labute approximate surface area is 66.3 Å². The third kappa shape index (κ3) is 10.3. The highest BCUT2D eigenvalue weighted by Gasteiger charge is 1.57. The molecule has 0 fully saturated rings. The van der Waals surface area contributed by atoms with Crippen LogP contribution in [0, 0.1) is 0 Å². The van der Waals surface area contributed by atoms with Gasteiger partial charge in [-0.2, -0.15) is 0 Å². The summed E-state index contributed by atoms with van der Waals surface area (Å²) in [6, 6.07) is 9.67. The maximum absolute atomic E-state index is 7.00. The van der Waals surface area contributed by atoms with Gasteiger partial charge < -0.3 is 0 Å². The van der Waals surface area contributed by atoms with E-state index in [2.05, 4.69) is 0 Å². The zero-order chi connectivity index (χ0) is 9.11. The SMILES string of the molecule is CC.CC.[3H]c1ccccc1. The molecular weight excluding hydrogens is 120 g/mol. The van der Waals surface area contributed by atoms with Gasteiger partial charge in [0.25, 0.3) is 0 Å². The predicted molar refractivity (Wildman–Crippen MR) is 49.1 cm³/mol. The molecular formula is C10H18. The molecule has 0 heterocycles. The molecule has 0 nitrogen and oxygen atoms in total. The molecule has 0 aliphatic rings. The summed E-state index contributed by atoms with van der Waals surface area (Å²) in [4.78, 5) is 0. The summed E-state index contributed by atoms with van der Waals surface area (Å²) in [6.45, 7) is 8.00. The van der Waals surface area contributed by atoms with Crippen molar-refractivity contribution in [2.24, 2.45) is 0 Å². The van der Waals surface area contributed by atoms with Crippen molar-refractivity contribution in [2.75, 3.05) is 0 Å². The van der Waals surface area contributed by atoms with Crippen molar-refractivity contribution >= 4 is 0 Å². The van der Waals surface area contributed by atoms with Crippen molar-refractivity contribution in [3.63, 3.8) is 0 Å². The Hall–Kier alpha value is -0.780. The second-order valence-electron chi connectivity index (χ2n) is 1.08. The highest BCUT2D eigenvalue weighted by Crippen LogP contribution is 1.79. The van der Waals surface area contributed by atoms with E-state index >= 15 is 0 Å². The fourth-order valence-electron chi connectivity index (χ4n) is 0.342. The van der Waals surface area contributed by atoms with Crippen LogP contribution in [0.3, 0.4) is 0 Å². The average Bonchev–Trinajstić information content (AvgIpc) is 2.13. The van der Waals surface area contributed by atoms with E-state index in [0.29, 0.717) is 6.04 Å². The quantitative estimate of drug-likeness (QED) is 0.515. The number of hydrogen-bond donors (Lipinski definition) is 0. The van der Waals surface area contributed by atoms with Crippen LogP contribution in [-0.4, -0.2) is 0 Å². The summed E-state index contributed by atoms with van der Waals surface area (Å²) in [5, 5.41) is 0. The number of rotatable bonds is 0. The van der Waals surface area contributed by atoms with Crippen molar-refractivity contribution in [1.29, 1.82) is 0 Å². The highest BCUT2D eigenvalue weighted by molar-refractivity contribution is 4.99. The third-order valence-electron chi connectivity index (χ3n) is 0.607. The van der Waals surface area contributed by atoms with E-state index in [1.807, 2.05) is 45.9 Å². The van der Waals surface area contributed by atoms with E-state index < -0.39 is 0 Å². The van der Waals surface area contributed by atoms with Crippen LogP contribution in [0.2, 0.25) is 0 Å². The molecule has 0 radical (unpaired) electrons. The molecule has 0 saturated carbocycles. The Morgan fingerprint density at radius 1 is 0.700 bits per heavy atom. The Kier molecular flexibility index (Phi) is 14.5. The predicted octanol–water partition coefficient (Wildman–Crippen LogP) is 3.74. The van der Waals surface area contributed by atoms with Gasteiger partial charge in [0.1, 0.15) is 0 Å². The molecule has 0 atom stereocenters. The van der Waals surface area contributed by atoms with Crippen LogP contribution in [0.5, 0.6) is 0 Å². The minimum absolute atomic E-state index is 0.572. The van der Waals surface area contributed by atoms with Gasteiger partial charge in [-0.1, -0.05) is 64.1 Å². The molecule has 0 aliphatic heterocycles. The molecule has 0 N–H and O–H groups in total. The molecule has 0 unspecified atom stereocenters. The molecule has 0 spiro atoms. The molecule has 1 aromatic rings. The zero-order valence-corrected chi connectivity index (χ0v) is 7.39. The minimum atomic E-state index is 0.572. The van der Waals surface area contributed by atoms with Crippen LogP contribution >= 0.6 is 0 Å². The molecule has 10 heavy (non-hydrogen) atoms. The first-order chi connectivity index (χ1) is 5.39. The van der Waals surface area contributed by atoms with Gasteiger partial charge in [0.2, 0.25) is 0 Å². The van der Waals surface area contributed by atoms with Gasteiger partial charge in [-0.05, 0) is 0 Å². The lowest BCUT2D eigenvalue weighted by Crippen LogP contribution is -1.47. The van der Waals surface area contributed by atoms with Crippen molar-refractivity contribution in [2.45, 2.75) is 27.7 Å². The largest absolute Gasteiger partial charge is 0.0683 e. The van der Waals surface area contributed by atoms with Gasteiger partial charge in [-0.3, -0.25) is 0 Å². The van der Waals surface area contributed by atoms with E-state index in [1.165, 1.54) is 0 Å². The normalized spacial score (nSPS) is 7.40. The van der Waals surface area contributed by atoms with E-state index in [0.717, 1.165) is 0 Å². The molecule has 0 saturated heterocycles. The zero-order valence-electron chi connectivity index (χ0n) is 8.39. The summed E-state index contributed by atoms with van der Waals surface area (Å²) in [7, 11) is 0. The van der Waals surface area contributed by atoms with E-state index in [9.17, 15) is 0 Å². The molecule has 1 rings (SSSR count). The topological polar surface area (TPSA) is 0 Å². The van der Waals surface area contributed by atoms with Gasteiger partial charge in [-0.25, -0.2) is 0 Å². The van der Waals surface area contributed by atoms with Crippen LogP contribution in [0.4, 0.5) is 0 Å². The standard InChI is InChI=1S/C6H6.2C2H6/c1-2-4-6-5-3-1;2*1-2/h1-6H;2*1-2H3/i1T;;. The summed E-state index contributed by atoms with van der Waals surface area (Å²) in [5.41, 5.74) is 0. The second-order valence-corrected chi connectivity index (χ2v) is 1.08. The molecule has 0 aromatic heterocycles. The fraction of sp³-hybridized carbons (Fsp3) is 0.400. The van der Waals surface area contributed by atoms with Crippen molar-refractivity contribution < 1.29 is 1.37 Å². The van der Waals surface area contributed by atoms with Crippen LogP contribution in [0.15, 0.2) is 36.4 Å². The Bertz CT molecular complexity index is 135. The molecule has 58 valence electrons. The Balaban J connectivity index is 0. The Morgan fingerprint density at radius 2 is 1.00 bits per heavy atom. The molecule has 0 heteroatoms.